The molecule has 0 amide bonds. The van der Waals surface area contributed by atoms with Crippen LogP contribution in [0.2, 0.25) is 0 Å². The van der Waals surface area contributed by atoms with E-state index in [2.05, 4.69) is 0 Å². The molecule has 0 saturated carbocycles. The standard InChI is InChI=1S/C14H14O3P/c1-17-14(15)18(16,12-8-4-2-5-9-12)13-10-6-3-7-11-13/h2-11,16H,1H3/q+1. The summed E-state index contributed by atoms with van der Waals surface area (Å²) < 4.78 is 4.78. The van der Waals surface area contributed by atoms with Crippen molar-refractivity contribution >= 4 is 23.8 Å². The molecule has 2 rings (SSSR count). The van der Waals surface area contributed by atoms with Gasteiger partial charge in [-0.3, -0.25) is 0 Å². The van der Waals surface area contributed by atoms with Crippen molar-refractivity contribution in [1.82, 2.24) is 0 Å². The van der Waals surface area contributed by atoms with E-state index in [-0.39, 0.29) is 0 Å². The van der Waals surface area contributed by atoms with E-state index in [1.807, 2.05) is 12.1 Å². The summed E-state index contributed by atoms with van der Waals surface area (Å²) in [7, 11) is -1.84. The summed E-state index contributed by atoms with van der Waals surface area (Å²) in [6.45, 7) is 0. The fraction of sp³-hybridized carbons (Fsp3) is 0.0714. The maximum absolute atomic E-state index is 12.0. The Hall–Kier alpha value is -1.70. The van der Waals surface area contributed by atoms with Gasteiger partial charge in [0.15, 0.2) is 0 Å². The Balaban J connectivity index is 2.59. The molecular weight excluding hydrogens is 247 g/mol. The lowest BCUT2D eigenvalue weighted by Gasteiger charge is -2.15. The van der Waals surface area contributed by atoms with Crippen LogP contribution in [0, 0.1) is 0 Å². The van der Waals surface area contributed by atoms with Crippen molar-refractivity contribution < 1.29 is 14.4 Å². The third-order valence-corrected chi connectivity index (χ3v) is 5.50. The maximum Gasteiger partial charge on any atom is 0.491 e. The molecule has 18 heavy (non-hydrogen) atoms. The first-order valence-electron chi connectivity index (χ1n) is 5.51. The van der Waals surface area contributed by atoms with Crippen LogP contribution in [0.15, 0.2) is 60.7 Å². The van der Waals surface area contributed by atoms with E-state index in [0.717, 1.165) is 0 Å². The highest BCUT2D eigenvalue weighted by Crippen LogP contribution is 2.53. The first-order valence-corrected chi connectivity index (χ1v) is 7.25. The van der Waals surface area contributed by atoms with E-state index in [1.54, 1.807) is 48.5 Å². The number of methoxy groups -OCH3 is 1. The first-order chi connectivity index (χ1) is 8.69. The number of hydrogen-bond acceptors (Lipinski definition) is 3. The van der Waals surface area contributed by atoms with Crippen LogP contribution in [-0.2, 0) is 4.74 Å². The van der Waals surface area contributed by atoms with Crippen molar-refractivity contribution in [2.45, 2.75) is 0 Å². The average Bonchev–Trinajstić information content (AvgIpc) is 2.47. The van der Waals surface area contributed by atoms with Gasteiger partial charge in [0.1, 0.15) is 10.6 Å². The summed E-state index contributed by atoms with van der Waals surface area (Å²) >= 11 is 0. The number of hydrogen-bond donors (Lipinski definition) is 1. The molecule has 1 N–H and O–H groups in total. The predicted octanol–water partition coefficient (Wildman–Crippen LogP) is 2.33. The SMILES string of the molecule is COC(=O)[P+](O)(c1ccccc1)c1ccccc1. The third-order valence-electron chi connectivity index (χ3n) is 2.70. The van der Waals surface area contributed by atoms with E-state index >= 15 is 0 Å². The van der Waals surface area contributed by atoms with Crippen LogP contribution in [-0.4, -0.2) is 17.7 Å². The van der Waals surface area contributed by atoms with Gasteiger partial charge in [-0.2, -0.15) is 0 Å². The Morgan fingerprint density at radius 2 is 1.33 bits per heavy atom. The Labute approximate surface area is 106 Å². The minimum absolute atomic E-state index is 0.583. The summed E-state index contributed by atoms with van der Waals surface area (Å²) in [5.41, 5.74) is -0.583. The number of ether oxygens (including phenoxy) is 1. The topological polar surface area (TPSA) is 46.5 Å². The van der Waals surface area contributed by atoms with Crippen LogP contribution in [0.4, 0.5) is 4.79 Å². The minimum atomic E-state index is -3.13. The molecule has 0 aromatic heterocycles. The van der Waals surface area contributed by atoms with Crippen molar-refractivity contribution in [1.29, 1.82) is 0 Å². The lowest BCUT2D eigenvalue weighted by atomic mass is 10.4. The molecule has 0 heterocycles. The summed E-state index contributed by atoms with van der Waals surface area (Å²) in [5, 5.41) is 1.20. The molecule has 0 radical (unpaired) electrons. The highest BCUT2D eigenvalue weighted by molar-refractivity contribution is 7.98. The zero-order valence-electron chi connectivity index (χ0n) is 9.98. The van der Waals surface area contributed by atoms with Gasteiger partial charge in [0, 0.05) is 0 Å². The van der Waals surface area contributed by atoms with E-state index < -0.39 is 13.2 Å². The van der Waals surface area contributed by atoms with Crippen molar-refractivity contribution in [3.63, 3.8) is 0 Å². The number of carbonyl (C=O) groups excluding carboxylic acids is 1. The molecular formula is C14H14O3P+. The summed E-state index contributed by atoms with van der Waals surface area (Å²) in [6.07, 6.45) is 0. The van der Waals surface area contributed by atoms with E-state index in [9.17, 15) is 9.69 Å². The smallest absolute Gasteiger partial charge is 0.437 e. The van der Waals surface area contributed by atoms with Gasteiger partial charge in [-0.05, 0) is 24.3 Å². The predicted molar refractivity (Wildman–Crippen MR) is 73.7 cm³/mol. The lowest BCUT2D eigenvalue weighted by Crippen LogP contribution is -2.28. The van der Waals surface area contributed by atoms with Crippen LogP contribution in [0.25, 0.3) is 0 Å². The number of benzene rings is 2. The zero-order chi connectivity index (χ0) is 13.0. The molecule has 0 bridgehead atoms. The van der Waals surface area contributed by atoms with E-state index in [4.69, 9.17) is 4.74 Å². The summed E-state index contributed by atoms with van der Waals surface area (Å²) in [5.74, 6) is 0. The molecule has 92 valence electrons. The second-order valence-electron chi connectivity index (χ2n) is 3.78. The summed E-state index contributed by atoms with van der Waals surface area (Å²) in [4.78, 5) is 22.9. The number of carbonyl (C=O) groups is 1. The maximum atomic E-state index is 12.0. The van der Waals surface area contributed by atoms with E-state index in [0.29, 0.717) is 10.6 Å². The quantitative estimate of drug-likeness (QED) is 0.862. The molecule has 0 saturated heterocycles. The molecule has 0 aliphatic carbocycles. The van der Waals surface area contributed by atoms with Gasteiger partial charge < -0.3 is 4.74 Å². The number of rotatable bonds is 3. The van der Waals surface area contributed by atoms with Gasteiger partial charge >= 0.3 is 13.2 Å². The van der Waals surface area contributed by atoms with Gasteiger partial charge in [0.05, 0.1) is 7.11 Å². The summed E-state index contributed by atoms with van der Waals surface area (Å²) in [6, 6.07) is 17.9. The van der Waals surface area contributed by atoms with Crippen LogP contribution in [0.1, 0.15) is 0 Å². The molecule has 2 aromatic carbocycles. The largest absolute Gasteiger partial charge is 0.491 e. The third kappa shape index (κ3) is 2.15. The zero-order valence-corrected chi connectivity index (χ0v) is 10.9. The Bertz CT molecular complexity index is 486. The molecule has 2 aromatic rings. The van der Waals surface area contributed by atoms with Crippen molar-refractivity contribution in [3.8, 4) is 0 Å². The fourth-order valence-corrected chi connectivity index (χ4v) is 3.97. The Morgan fingerprint density at radius 1 is 0.944 bits per heavy atom. The fourth-order valence-electron chi connectivity index (χ4n) is 1.78. The van der Waals surface area contributed by atoms with Crippen LogP contribution in [0.5, 0.6) is 0 Å². The molecule has 0 atom stereocenters. The normalized spacial score (nSPS) is 11.0. The van der Waals surface area contributed by atoms with Gasteiger partial charge in [-0.15, -0.1) is 0 Å². The van der Waals surface area contributed by atoms with Gasteiger partial charge in [-0.25, -0.2) is 9.69 Å². The molecule has 0 spiro atoms. The molecule has 0 aliphatic heterocycles. The molecule has 3 nitrogen and oxygen atoms in total. The van der Waals surface area contributed by atoms with Gasteiger partial charge in [-0.1, -0.05) is 36.4 Å². The van der Waals surface area contributed by atoms with Crippen molar-refractivity contribution in [2.75, 3.05) is 7.11 Å². The molecule has 0 aliphatic rings. The lowest BCUT2D eigenvalue weighted by molar-refractivity contribution is 0.196. The van der Waals surface area contributed by atoms with E-state index in [1.165, 1.54) is 7.11 Å². The van der Waals surface area contributed by atoms with Crippen LogP contribution >= 0.6 is 7.49 Å². The Morgan fingerprint density at radius 3 is 1.67 bits per heavy atom. The van der Waals surface area contributed by atoms with Gasteiger partial charge in [0.2, 0.25) is 0 Å². The Kier molecular flexibility index (Phi) is 3.75. The van der Waals surface area contributed by atoms with Crippen molar-refractivity contribution in [3.05, 3.63) is 60.7 Å². The van der Waals surface area contributed by atoms with Gasteiger partial charge in [0.25, 0.3) is 0 Å². The second-order valence-corrected chi connectivity index (χ2v) is 6.45. The highest BCUT2D eigenvalue weighted by atomic mass is 31.2. The second kappa shape index (κ2) is 5.30. The van der Waals surface area contributed by atoms with Crippen molar-refractivity contribution in [2.24, 2.45) is 0 Å². The average molecular weight is 261 g/mol. The van der Waals surface area contributed by atoms with Crippen LogP contribution in [0.3, 0.4) is 0 Å². The molecule has 0 fully saturated rings. The first kappa shape index (κ1) is 12.7. The monoisotopic (exact) mass is 261 g/mol. The minimum Gasteiger partial charge on any atom is -0.437 e. The van der Waals surface area contributed by atoms with Crippen LogP contribution < -0.4 is 10.6 Å². The highest BCUT2D eigenvalue weighted by Gasteiger charge is 2.52. The molecule has 0 unspecified atom stereocenters. The molecule has 4 heteroatoms.